The van der Waals surface area contributed by atoms with Gasteiger partial charge in [0.1, 0.15) is 0 Å². The van der Waals surface area contributed by atoms with E-state index in [1.54, 1.807) is 12.1 Å². The van der Waals surface area contributed by atoms with Crippen LogP contribution in [-0.2, 0) is 10.0 Å². The average molecular weight is 350 g/mol. The van der Waals surface area contributed by atoms with E-state index < -0.39 is 16.1 Å². The molecule has 6 nitrogen and oxygen atoms in total. The number of aliphatic hydroxyl groups is 1. The summed E-state index contributed by atoms with van der Waals surface area (Å²) in [6.07, 6.45) is 3.89. The fourth-order valence-electron chi connectivity index (χ4n) is 4.10. The lowest BCUT2D eigenvalue weighted by Gasteiger charge is -2.34. The molecule has 1 saturated carbocycles. The summed E-state index contributed by atoms with van der Waals surface area (Å²) >= 11 is 0. The Balaban J connectivity index is 1.57. The van der Waals surface area contributed by atoms with Crippen LogP contribution in [0, 0.1) is 5.92 Å². The molecule has 1 aliphatic carbocycles. The highest BCUT2D eigenvalue weighted by atomic mass is 32.2. The summed E-state index contributed by atoms with van der Waals surface area (Å²) < 4.78 is 26.3. The molecule has 24 heavy (non-hydrogen) atoms. The number of hydrogen-bond acceptors (Lipinski definition) is 4. The van der Waals surface area contributed by atoms with Crippen LogP contribution in [0.15, 0.2) is 29.2 Å². The van der Waals surface area contributed by atoms with Gasteiger partial charge in [0.2, 0.25) is 10.0 Å². The average Bonchev–Trinajstić information content (AvgIpc) is 2.85. The molecule has 0 unspecified atom stereocenters. The van der Waals surface area contributed by atoms with Crippen LogP contribution >= 0.6 is 0 Å². The van der Waals surface area contributed by atoms with Gasteiger partial charge in [-0.1, -0.05) is 12.5 Å². The number of carbonyl (C=O) groups is 1. The van der Waals surface area contributed by atoms with E-state index in [9.17, 15) is 18.3 Å². The van der Waals surface area contributed by atoms with Gasteiger partial charge in [0.25, 0.3) is 5.91 Å². The first kappa shape index (κ1) is 16.1. The number of β-amino-alcohol motifs (C(OH)–C–C–N with tert-alkyl or cyclic N) is 1. The number of fused-ring (bicyclic) bond motifs is 2. The van der Waals surface area contributed by atoms with Crippen molar-refractivity contribution in [3.63, 3.8) is 0 Å². The van der Waals surface area contributed by atoms with E-state index in [1.165, 1.54) is 29.3 Å². The second kappa shape index (κ2) is 5.82. The Kier molecular flexibility index (Phi) is 3.89. The Bertz CT molecular complexity index is 758. The summed E-state index contributed by atoms with van der Waals surface area (Å²) in [5.41, 5.74) is 0.435. The second-order valence-corrected chi connectivity index (χ2v) is 9.09. The SMILES string of the molecule is O=C(c1cccc(S(=O)(=O)N2CC(O)C2)c1)N1C[C@@H]2CCC[C@H]1C2. The van der Waals surface area contributed by atoms with Crippen LogP contribution in [0.3, 0.4) is 0 Å². The number of aliphatic hydroxyl groups excluding tert-OH is 1. The summed E-state index contributed by atoms with van der Waals surface area (Å²) in [6.45, 7) is 1.03. The minimum absolute atomic E-state index is 0.0647. The van der Waals surface area contributed by atoms with Crippen LogP contribution in [0.4, 0.5) is 0 Å². The Morgan fingerprint density at radius 2 is 1.96 bits per heavy atom. The minimum atomic E-state index is -3.63. The zero-order valence-corrected chi connectivity index (χ0v) is 14.3. The van der Waals surface area contributed by atoms with Crippen molar-refractivity contribution in [1.29, 1.82) is 0 Å². The van der Waals surface area contributed by atoms with Crippen molar-refractivity contribution in [3.05, 3.63) is 29.8 Å². The van der Waals surface area contributed by atoms with Crippen LogP contribution in [0.1, 0.15) is 36.0 Å². The second-order valence-electron chi connectivity index (χ2n) is 7.15. The number of rotatable bonds is 3. The lowest BCUT2D eigenvalue weighted by atomic mass is 9.90. The van der Waals surface area contributed by atoms with E-state index in [-0.39, 0.29) is 23.9 Å². The number of likely N-dealkylation sites (tertiary alicyclic amines) is 1. The minimum Gasteiger partial charge on any atom is -0.390 e. The van der Waals surface area contributed by atoms with Crippen LogP contribution in [0.2, 0.25) is 0 Å². The van der Waals surface area contributed by atoms with E-state index >= 15 is 0 Å². The van der Waals surface area contributed by atoms with Crippen LogP contribution < -0.4 is 0 Å². The quantitative estimate of drug-likeness (QED) is 0.884. The van der Waals surface area contributed by atoms with Crippen molar-refractivity contribution in [2.45, 2.75) is 42.7 Å². The molecule has 1 amide bonds. The lowest BCUT2D eigenvalue weighted by molar-refractivity contribution is 0.0547. The van der Waals surface area contributed by atoms with Crippen molar-refractivity contribution in [3.8, 4) is 0 Å². The normalized spacial score (nSPS) is 28.0. The Morgan fingerprint density at radius 3 is 2.67 bits per heavy atom. The zero-order chi connectivity index (χ0) is 16.9. The molecule has 130 valence electrons. The van der Waals surface area contributed by atoms with Gasteiger partial charge >= 0.3 is 0 Å². The summed E-state index contributed by atoms with van der Waals surface area (Å²) in [4.78, 5) is 14.9. The van der Waals surface area contributed by atoms with Gasteiger partial charge in [0.15, 0.2) is 0 Å². The Morgan fingerprint density at radius 1 is 1.17 bits per heavy atom. The molecule has 3 fully saturated rings. The molecule has 2 bridgehead atoms. The number of sulfonamides is 1. The first-order chi connectivity index (χ1) is 11.4. The highest BCUT2D eigenvalue weighted by molar-refractivity contribution is 7.89. The maximum Gasteiger partial charge on any atom is 0.254 e. The largest absolute Gasteiger partial charge is 0.390 e. The van der Waals surface area contributed by atoms with E-state index in [1.807, 2.05) is 4.90 Å². The maximum atomic E-state index is 12.9. The highest BCUT2D eigenvalue weighted by Gasteiger charge is 2.39. The van der Waals surface area contributed by atoms with Gasteiger partial charge in [0.05, 0.1) is 11.0 Å². The first-order valence-electron chi connectivity index (χ1n) is 8.54. The number of benzene rings is 1. The molecule has 0 spiro atoms. The first-order valence-corrected chi connectivity index (χ1v) is 9.98. The highest BCUT2D eigenvalue weighted by Crippen LogP contribution is 2.36. The molecule has 1 N–H and O–H groups in total. The predicted octanol–water partition coefficient (Wildman–Crippen LogP) is 1.07. The fourth-order valence-corrected chi connectivity index (χ4v) is 5.67. The molecule has 0 radical (unpaired) electrons. The van der Waals surface area contributed by atoms with Gasteiger partial charge in [-0.05, 0) is 43.4 Å². The van der Waals surface area contributed by atoms with E-state index in [0.717, 1.165) is 19.4 Å². The van der Waals surface area contributed by atoms with Gasteiger partial charge in [0, 0.05) is 31.2 Å². The third kappa shape index (κ3) is 2.64. The van der Waals surface area contributed by atoms with E-state index in [2.05, 4.69) is 0 Å². The molecule has 1 aromatic carbocycles. The number of nitrogens with zero attached hydrogens (tertiary/aromatic N) is 2. The lowest BCUT2D eigenvalue weighted by Crippen LogP contribution is -2.53. The summed E-state index contributed by atoms with van der Waals surface area (Å²) in [5, 5.41) is 9.34. The molecule has 4 rings (SSSR count). The van der Waals surface area contributed by atoms with Crippen molar-refractivity contribution in [2.24, 2.45) is 5.92 Å². The molecule has 2 atom stereocenters. The molecule has 2 saturated heterocycles. The topological polar surface area (TPSA) is 77.9 Å². The van der Waals surface area contributed by atoms with E-state index in [4.69, 9.17) is 0 Å². The maximum absolute atomic E-state index is 12.9. The van der Waals surface area contributed by atoms with Gasteiger partial charge in [-0.25, -0.2) is 8.42 Å². The molecule has 2 aliphatic heterocycles. The Hall–Kier alpha value is -1.44. The molecule has 2 heterocycles. The zero-order valence-electron chi connectivity index (χ0n) is 13.5. The smallest absolute Gasteiger partial charge is 0.254 e. The van der Waals surface area contributed by atoms with Gasteiger partial charge in [-0.3, -0.25) is 4.79 Å². The third-order valence-corrected chi connectivity index (χ3v) is 7.29. The standard InChI is InChI=1S/C17H22N2O4S/c20-15-10-18(11-15)24(22,23)16-6-2-4-13(8-16)17(21)19-9-12-3-1-5-14(19)7-12/h2,4,6,8,12,14-15,20H,1,3,5,7,9-11H2/t12-,14+/m1/s1. The monoisotopic (exact) mass is 350 g/mol. The number of carbonyl (C=O) groups excluding carboxylic acids is 1. The van der Waals surface area contributed by atoms with Gasteiger partial charge in [-0.15, -0.1) is 0 Å². The summed E-state index contributed by atoms with van der Waals surface area (Å²) in [7, 11) is -3.63. The number of hydrogen-bond donors (Lipinski definition) is 1. The van der Waals surface area contributed by atoms with Crippen LogP contribution in [0.5, 0.6) is 0 Å². The van der Waals surface area contributed by atoms with Gasteiger partial charge in [-0.2, -0.15) is 4.31 Å². The molecular formula is C17H22N2O4S. The predicted molar refractivity (Wildman–Crippen MR) is 88.0 cm³/mol. The number of amides is 1. The molecule has 0 aromatic heterocycles. The molecule has 1 aromatic rings. The Labute approximate surface area is 142 Å². The third-order valence-electron chi connectivity index (χ3n) is 5.46. The van der Waals surface area contributed by atoms with Crippen molar-refractivity contribution in [1.82, 2.24) is 9.21 Å². The van der Waals surface area contributed by atoms with Crippen molar-refractivity contribution < 1.29 is 18.3 Å². The van der Waals surface area contributed by atoms with Gasteiger partial charge < -0.3 is 10.0 Å². The van der Waals surface area contributed by atoms with Crippen molar-refractivity contribution >= 4 is 15.9 Å². The van der Waals surface area contributed by atoms with Crippen LogP contribution in [0.25, 0.3) is 0 Å². The van der Waals surface area contributed by atoms with Crippen LogP contribution in [-0.4, -0.2) is 60.4 Å². The molecule has 7 heteroatoms. The summed E-state index contributed by atoms with van der Waals surface area (Å²) in [5.74, 6) is 0.535. The van der Waals surface area contributed by atoms with E-state index in [0.29, 0.717) is 17.5 Å². The fraction of sp³-hybridized carbons (Fsp3) is 0.588. The summed E-state index contributed by atoms with van der Waals surface area (Å²) in [6, 6.07) is 6.61. The van der Waals surface area contributed by atoms with Crippen molar-refractivity contribution in [2.75, 3.05) is 19.6 Å². The molecular weight excluding hydrogens is 328 g/mol. The molecule has 3 aliphatic rings.